The zero-order valence-corrected chi connectivity index (χ0v) is 18.2. The van der Waals surface area contributed by atoms with E-state index in [1.807, 2.05) is 43.3 Å². The summed E-state index contributed by atoms with van der Waals surface area (Å²) in [6.45, 7) is 9.24. The number of anilines is 1. The number of benzene rings is 2. The lowest BCUT2D eigenvalue weighted by Crippen LogP contribution is -2.25. The number of nitrogens with zero attached hydrogens (tertiary/aromatic N) is 3. The van der Waals surface area contributed by atoms with Crippen LogP contribution >= 0.6 is 11.8 Å². The summed E-state index contributed by atoms with van der Waals surface area (Å²) in [6.07, 6.45) is 0.706. The third-order valence-electron chi connectivity index (χ3n) is 4.49. The Morgan fingerprint density at radius 1 is 1.10 bits per heavy atom. The minimum atomic E-state index is -0.240. The van der Waals surface area contributed by atoms with Gasteiger partial charge in [0.15, 0.2) is 11.0 Å². The Labute approximate surface area is 176 Å². The van der Waals surface area contributed by atoms with Crippen LogP contribution in [0.2, 0.25) is 0 Å². The van der Waals surface area contributed by atoms with Gasteiger partial charge in [0, 0.05) is 17.8 Å². The Morgan fingerprint density at radius 3 is 2.52 bits per heavy atom. The molecular weight excluding hydrogens is 380 g/mol. The van der Waals surface area contributed by atoms with Crippen molar-refractivity contribution in [3.8, 4) is 11.4 Å². The van der Waals surface area contributed by atoms with E-state index in [9.17, 15) is 4.79 Å². The first-order chi connectivity index (χ1) is 14.0. The van der Waals surface area contributed by atoms with Crippen molar-refractivity contribution >= 4 is 23.4 Å². The monoisotopic (exact) mass is 408 g/mol. The van der Waals surface area contributed by atoms with E-state index < -0.39 is 0 Å². The van der Waals surface area contributed by atoms with Crippen LogP contribution in [0.3, 0.4) is 0 Å². The average molecular weight is 409 g/mol. The van der Waals surface area contributed by atoms with Crippen molar-refractivity contribution in [3.63, 3.8) is 0 Å². The molecule has 0 saturated carbocycles. The van der Waals surface area contributed by atoms with Crippen molar-refractivity contribution in [2.24, 2.45) is 5.92 Å². The molecule has 1 aromatic heterocycles. The second-order valence-corrected chi connectivity index (χ2v) is 8.72. The van der Waals surface area contributed by atoms with Crippen LogP contribution in [0.4, 0.5) is 5.69 Å². The largest absolute Gasteiger partial charge is 0.325 e. The van der Waals surface area contributed by atoms with E-state index in [4.69, 9.17) is 0 Å². The van der Waals surface area contributed by atoms with Gasteiger partial charge in [-0.15, -0.1) is 10.2 Å². The van der Waals surface area contributed by atoms with E-state index in [1.54, 1.807) is 0 Å². The van der Waals surface area contributed by atoms with Gasteiger partial charge in [-0.25, -0.2) is 0 Å². The SMILES string of the molecule is CC[C@@H](Sc1nnc(-c2cccc(C)c2)n1CC(C)C)C(=O)Nc1ccccc1. The predicted octanol–water partition coefficient (Wildman–Crippen LogP) is 5.42. The summed E-state index contributed by atoms with van der Waals surface area (Å²) in [5, 5.41) is 12.5. The molecule has 152 valence electrons. The number of para-hydroxylation sites is 1. The van der Waals surface area contributed by atoms with E-state index in [-0.39, 0.29) is 11.2 Å². The van der Waals surface area contributed by atoms with Crippen molar-refractivity contribution in [3.05, 3.63) is 60.2 Å². The van der Waals surface area contributed by atoms with Crippen molar-refractivity contribution in [2.75, 3.05) is 5.32 Å². The van der Waals surface area contributed by atoms with E-state index >= 15 is 0 Å². The van der Waals surface area contributed by atoms with Gasteiger partial charge in [0.1, 0.15) is 0 Å². The van der Waals surface area contributed by atoms with Gasteiger partial charge in [-0.05, 0) is 37.5 Å². The second-order valence-electron chi connectivity index (χ2n) is 7.55. The molecule has 29 heavy (non-hydrogen) atoms. The minimum Gasteiger partial charge on any atom is -0.325 e. The van der Waals surface area contributed by atoms with Crippen LogP contribution in [0, 0.1) is 12.8 Å². The number of amides is 1. The van der Waals surface area contributed by atoms with E-state index in [0.717, 1.165) is 28.8 Å². The molecule has 0 unspecified atom stereocenters. The molecule has 2 aromatic carbocycles. The molecule has 1 atom stereocenters. The van der Waals surface area contributed by atoms with Crippen LogP contribution < -0.4 is 5.32 Å². The number of hydrogen-bond donors (Lipinski definition) is 1. The third kappa shape index (κ3) is 5.48. The summed E-state index contributed by atoms with van der Waals surface area (Å²) in [4.78, 5) is 12.8. The number of carbonyl (C=O) groups is 1. The van der Waals surface area contributed by atoms with Gasteiger partial charge >= 0.3 is 0 Å². The Morgan fingerprint density at radius 2 is 1.86 bits per heavy atom. The van der Waals surface area contributed by atoms with Crippen LogP contribution in [-0.2, 0) is 11.3 Å². The average Bonchev–Trinajstić information content (AvgIpc) is 3.08. The lowest BCUT2D eigenvalue weighted by Gasteiger charge is -2.17. The van der Waals surface area contributed by atoms with Crippen LogP contribution in [0.1, 0.15) is 32.8 Å². The van der Waals surface area contributed by atoms with Gasteiger partial charge < -0.3 is 9.88 Å². The van der Waals surface area contributed by atoms with Gasteiger partial charge in [-0.1, -0.05) is 74.5 Å². The number of thioether (sulfide) groups is 1. The van der Waals surface area contributed by atoms with Crippen LogP contribution in [0.15, 0.2) is 59.8 Å². The molecule has 1 N–H and O–H groups in total. The summed E-state index contributed by atoms with van der Waals surface area (Å²) in [5.41, 5.74) is 3.04. The van der Waals surface area contributed by atoms with Gasteiger partial charge in [0.2, 0.25) is 5.91 Å². The van der Waals surface area contributed by atoms with Gasteiger partial charge in [0.05, 0.1) is 5.25 Å². The van der Waals surface area contributed by atoms with Crippen molar-refractivity contribution < 1.29 is 4.79 Å². The lowest BCUT2D eigenvalue weighted by molar-refractivity contribution is -0.115. The van der Waals surface area contributed by atoms with Gasteiger partial charge in [0.25, 0.3) is 0 Å². The maximum Gasteiger partial charge on any atom is 0.237 e. The summed E-state index contributed by atoms with van der Waals surface area (Å²) >= 11 is 1.48. The van der Waals surface area contributed by atoms with Gasteiger partial charge in [-0.3, -0.25) is 4.79 Å². The van der Waals surface area contributed by atoms with Crippen LogP contribution in [0.25, 0.3) is 11.4 Å². The summed E-state index contributed by atoms with van der Waals surface area (Å²) in [7, 11) is 0. The Hall–Kier alpha value is -2.60. The Balaban J connectivity index is 1.85. The second kappa shape index (κ2) is 9.74. The molecule has 0 saturated heterocycles. The first kappa shape index (κ1) is 21.1. The molecular formula is C23H28N4OS. The maximum absolute atomic E-state index is 12.8. The zero-order valence-electron chi connectivity index (χ0n) is 17.4. The maximum atomic E-state index is 12.8. The van der Waals surface area contributed by atoms with Crippen LogP contribution in [0.5, 0.6) is 0 Å². The molecule has 0 fully saturated rings. The fraction of sp³-hybridized carbons (Fsp3) is 0.348. The van der Waals surface area contributed by atoms with Crippen molar-refractivity contribution in [1.82, 2.24) is 14.8 Å². The molecule has 0 spiro atoms. The first-order valence-corrected chi connectivity index (χ1v) is 10.9. The van der Waals surface area contributed by atoms with Crippen molar-refractivity contribution in [1.29, 1.82) is 0 Å². The summed E-state index contributed by atoms with van der Waals surface area (Å²) in [5.74, 6) is 1.27. The summed E-state index contributed by atoms with van der Waals surface area (Å²) < 4.78 is 2.14. The van der Waals surface area contributed by atoms with E-state index in [2.05, 4.69) is 59.1 Å². The van der Waals surface area contributed by atoms with Crippen molar-refractivity contribution in [2.45, 2.75) is 51.1 Å². The molecule has 1 amide bonds. The molecule has 1 heterocycles. The Bertz CT molecular complexity index is 953. The van der Waals surface area contributed by atoms with Gasteiger partial charge in [-0.2, -0.15) is 0 Å². The standard InChI is InChI=1S/C23H28N4OS/c1-5-20(22(28)24-19-12-7-6-8-13-19)29-23-26-25-21(27(23)15-16(2)3)18-11-9-10-17(4)14-18/h6-14,16,20H,5,15H2,1-4H3,(H,24,28)/t20-/m1/s1. The topological polar surface area (TPSA) is 59.8 Å². The first-order valence-electron chi connectivity index (χ1n) is 10.0. The molecule has 3 rings (SSSR count). The van der Waals surface area contributed by atoms with Crippen LogP contribution in [-0.4, -0.2) is 25.9 Å². The lowest BCUT2D eigenvalue weighted by atomic mass is 10.1. The van der Waals surface area contributed by atoms with E-state index in [1.165, 1.54) is 17.3 Å². The minimum absolute atomic E-state index is 0.0140. The molecule has 0 aliphatic carbocycles. The predicted molar refractivity (Wildman–Crippen MR) is 120 cm³/mol. The quantitative estimate of drug-likeness (QED) is 0.506. The molecule has 3 aromatic rings. The molecule has 5 nitrogen and oxygen atoms in total. The molecule has 6 heteroatoms. The Kier molecular flexibility index (Phi) is 7.09. The smallest absolute Gasteiger partial charge is 0.237 e. The fourth-order valence-electron chi connectivity index (χ4n) is 3.10. The fourth-order valence-corrected chi connectivity index (χ4v) is 4.06. The summed E-state index contributed by atoms with van der Waals surface area (Å²) in [6, 6.07) is 17.8. The number of rotatable bonds is 8. The molecule has 0 aliphatic heterocycles. The molecule has 0 radical (unpaired) electrons. The highest BCUT2D eigenvalue weighted by Gasteiger charge is 2.23. The number of aromatic nitrogens is 3. The number of carbonyl (C=O) groups excluding carboxylic acids is 1. The normalized spacial score (nSPS) is 12.2. The highest BCUT2D eigenvalue weighted by atomic mass is 32.2. The molecule has 0 aliphatic rings. The van der Waals surface area contributed by atoms with E-state index in [0.29, 0.717) is 12.3 Å². The molecule has 0 bridgehead atoms. The zero-order chi connectivity index (χ0) is 20.8. The third-order valence-corrected chi connectivity index (χ3v) is 5.84. The number of nitrogens with one attached hydrogen (secondary N) is 1. The number of aryl methyl sites for hydroxylation is 1. The highest BCUT2D eigenvalue weighted by molar-refractivity contribution is 8.00. The highest BCUT2D eigenvalue weighted by Crippen LogP contribution is 2.30. The number of hydrogen-bond acceptors (Lipinski definition) is 4.